The number of carbonyl (C=O) groups is 2. The van der Waals surface area contributed by atoms with Crippen molar-refractivity contribution in [3.63, 3.8) is 0 Å². The number of hydrogen-bond donors (Lipinski definition) is 1. The molecular weight excluding hydrogens is 196 g/mol. The second-order valence-corrected chi connectivity index (χ2v) is 3.56. The Bertz CT molecular complexity index is 333. The number of hydrogen-bond acceptors (Lipinski definition) is 4. The number of nitrogens with one attached hydrogen (secondary N) is 1. The summed E-state index contributed by atoms with van der Waals surface area (Å²) in [6.45, 7) is 0. The summed E-state index contributed by atoms with van der Waals surface area (Å²) in [5, 5.41) is 7.66. The molecule has 6 nitrogen and oxygen atoms in total. The van der Waals surface area contributed by atoms with Crippen LogP contribution in [-0.4, -0.2) is 60.7 Å². The molecule has 0 spiro atoms. The number of urea groups is 1. The maximum atomic E-state index is 11.7. The van der Waals surface area contributed by atoms with Crippen molar-refractivity contribution < 1.29 is 9.59 Å². The van der Waals surface area contributed by atoms with Gasteiger partial charge >= 0.3 is 6.03 Å². The zero-order valence-corrected chi connectivity index (χ0v) is 9.24. The third kappa shape index (κ3) is 1.83. The molecule has 1 fully saturated rings. The minimum Gasteiger partial charge on any atom is -0.383 e. The Kier molecular flexibility index (Phi) is 2.78. The zero-order valence-electron chi connectivity index (χ0n) is 9.24. The summed E-state index contributed by atoms with van der Waals surface area (Å²) in [6, 6.07) is -0.485. The van der Waals surface area contributed by atoms with Gasteiger partial charge in [0.15, 0.2) is 0 Å². The molecule has 1 N–H and O–H groups in total. The Morgan fingerprint density at radius 1 is 1.20 bits per heavy atom. The fourth-order valence-electron chi connectivity index (χ4n) is 1.24. The lowest BCUT2D eigenvalue weighted by molar-refractivity contribution is -0.123. The minimum atomic E-state index is -0.485. The van der Waals surface area contributed by atoms with Crippen molar-refractivity contribution in [3.05, 3.63) is 11.8 Å². The van der Waals surface area contributed by atoms with Gasteiger partial charge in [0.1, 0.15) is 5.84 Å². The third-order valence-corrected chi connectivity index (χ3v) is 2.09. The summed E-state index contributed by atoms with van der Waals surface area (Å²) < 4.78 is 0. The summed E-state index contributed by atoms with van der Waals surface area (Å²) in [5.41, 5.74) is 0.213. The van der Waals surface area contributed by atoms with Gasteiger partial charge in [-0.2, -0.15) is 0 Å². The lowest BCUT2D eigenvalue weighted by atomic mass is 10.1. The SMILES string of the molecule is CN(C)C=C1C(=N)N(C)C(=O)N(C)C1=O. The highest BCUT2D eigenvalue weighted by atomic mass is 16.2. The van der Waals surface area contributed by atoms with Crippen LogP contribution in [0, 0.1) is 5.41 Å². The van der Waals surface area contributed by atoms with Gasteiger partial charge in [-0.05, 0) is 0 Å². The zero-order chi connectivity index (χ0) is 11.7. The van der Waals surface area contributed by atoms with Gasteiger partial charge in [-0.3, -0.25) is 20.0 Å². The van der Waals surface area contributed by atoms with Gasteiger partial charge in [0.2, 0.25) is 0 Å². The van der Waals surface area contributed by atoms with Crippen LogP contribution in [-0.2, 0) is 4.79 Å². The van der Waals surface area contributed by atoms with Crippen molar-refractivity contribution in [2.24, 2.45) is 0 Å². The molecule has 1 aliphatic rings. The van der Waals surface area contributed by atoms with E-state index < -0.39 is 11.9 Å². The van der Waals surface area contributed by atoms with Crippen molar-refractivity contribution in [3.8, 4) is 0 Å². The monoisotopic (exact) mass is 210 g/mol. The Morgan fingerprint density at radius 3 is 2.20 bits per heavy atom. The van der Waals surface area contributed by atoms with E-state index >= 15 is 0 Å². The van der Waals surface area contributed by atoms with E-state index in [1.54, 1.807) is 19.0 Å². The van der Waals surface area contributed by atoms with E-state index in [1.807, 2.05) is 0 Å². The first-order valence-electron chi connectivity index (χ1n) is 4.39. The van der Waals surface area contributed by atoms with Crippen LogP contribution in [0.15, 0.2) is 11.8 Å². The van der Waals surface area contributed by atoms with Crippen LogP contribution in [0.5, 0.6) is 0 Å². The first-order chi connectivity index (χ1) is 6.86. The topological polar surface area (TPSA) is 67.7 Å². The fraction of sp³-hybridized carbons (Fsp3) is 0.444. The largest absolute Gasteiger partial charge is 0.383 e. The summed E-state index contributed by atoms with van der Waals surface area (Å²) in [4.78, 5) is 26.9. The Morgan fingerprint density at radius 2 is 1.73 bits per heavy atom. The van der Waals surface area contributed by atoms with Gasteiger partial charge in [0.05, 0.1) is 5.57 Å². The third-order valence-electron chi connectivity index (χ3n) is 2.09. The number of imide groups is 1. The van der Waals surface area contributed by atoms with Gasteiger partial charge in [0.25, 0.3) is 5.91 Å². The second-order valence-electron chi connectivity index (χ2n) is 3.56. The van der Waals surface area contributed by atoms with Crippen LogP contribution in [0.2, 0.25) is 0 Å². The standard InChI is InChI=1S/C9H14N4O2/c1-11(2)5-6-7(10)12(3)9(15)13(4)8(6)14/h5,10H,1-4H3. The van der Waals surface area contributed by atoms with E-state index in [-0.39, 0.29) is 11.4 Å². The summed E-state index contributed by atoms with van der Waals surface area (Å²) >= 11 is 0. The molecule has 0 radical (unpaired) electrons. The highest BCUT2D eigenvalue weighted by Gasteiger charge is 2.35. The lowest BCUT2D eigenvalue weighted by Crippen LogP contribution is -2.53. The van der Waals surface area contributed by atoms with E-state index in [9.17, 15) is 9.59 Å². The molecule has 82 valence electrons. The number of amides is 3. The van der Waals surface area contributed by atoms with E-state index in [4.69, 9.17) is 5.41 Å². The molecule has 1 saturated heterocycles. The number of rotatable bonds is 1. The molecule has 1 aliphatic heterocycles. The molecule has 0 aromatic heterocycles. The lowest BCUT2D eigenvalue weighted by Gasteiger charge is -2.31. The normalized spacial score (nSPS) is 20.3. The quantitative estimate of drug-likeness (QED) is 0.616. The van der Waals surface area contributed by atoms with Gasteiger partial charge in [-0.1, -0.05) is 0 Å². The predicted octanol–water partition coefficient (Wildman–Crippen LogP) is -0.0670. The number of carbonyl (C=O) groups excluding carboxylic acids is 2. The molecule has 6 heteroatoms. The molecule has 0 unspecified atom stereocenters. The van der Waals surface area contributed by atoms with Crippen molar-refractivity contribution in [1.82, 2.24) is 14.7 Å². The predicted molar refractivity (Wildman–Crippen MR) is 55.4 cm³/mol. The average Bonchev–Trinajstić information content (AvgIpc) is 2.18. The summed E-state index contributed by atoms with van der Waals surface area (Å²) in [7, 11) is 6.38. The van der Waals surface area contributed by atoms with Crippen LogP contribution in [0.4, 0.5) is 4.79 Å². The highest BCUT2D eigenvalue weighted by Crippen LogP contribution is 2.14. The number of amidine groups is 1. The first kappa shape index (κ1) is 11.2. The highest BCUT2D eigenvalue weighted by molar-refractivity contribution is 6.29. The van der Waals surface area contributed by atoms with E-state index in [1.165, 1.54) is 20.3 Å². The van der Waals surface area contributed by atoms with Gasteiger partial charge in [0, 0.05) is 34.4 Å². The van der Waals surface area contributed by atoms with E-state index in [0.717, 1.165) is 9.80 Å². The number of nitrogens with zero attached hydrogens (tertiary/aromatic N) is 3. The Hall–Kier alpha value is -1.85. The second kappa shape index (κ2) is 3.72. The molecule has 1 rings (SSSR count). The molecule has 0 bridgehead atoms. The molecule has 1 heterocycles. The van der Waals surface area contributed by atoms with Crippen LogP contribution < -0.4 is 0 Å². The van der Waals surface area contributed by atoms with Gasteiger partial charge < -0.3 is 4.90 Å². The van der Waals surface area contributed by atoms with Crippen LogP contribution in [0.25, 0.3) is 0 Å². The van der Waals surface area contributed by atoms with E-state index in [2.05, 4.69) is 0 Å². The van der Waals surface area contributed by atoms with Crippen molar-refractivity contribution in [1.29, 1.82) is 5.41 Å². The van der Waals surface area contributed by atoms with Gasteiger partial charge in [-0.15, -0.1) is 0 Å². The van der Waals surface area contributed by atoms with Crippen molar-refractivity contribution >= 4 is 17.8 Å². The molecule has 0 saturated carbocycles. The first-order valence-corrected chi connectivity index (χ1v) is 4.39. The van der Waals surface area contributed by atoms with Gasteiger partial charge in [-0.25, -0.2) is 4.79 Å². The molecular formula is C9H14N4O2. The van der Waals surface area contributed by atoms with Crippen LogP contribution in [0.3, 0.4) is 0 Å². The summed E-state index contributed by atoms with van der Waals surface area (Å²) in [5.74, 6) is -0.520. The fourth-order valence-corrected chi connectivity index (χ4v) is 1.24. The maximum Gasteiger partial charge on any atom is 0.332 e. The van der Waals surface area contributed by atoms with E-state index in [0.29, 0.717) is 0 Å². The average molecular weight is 210 g/mol. The van der Waals surface area contributed by atoms with Crippen molar-refractivity contribution in [2.75, 3.05) is 28.2 Å². The molecule has 0 aliphatic carbocycles. The number of likely N-dealkylation sites (N-methyl/N-ethyl adjacent to an activating group) is 2. The minimum absolute atomic E-state index is 0.0724. The smallest absolute Gasteiger partial charge is 0.332 e. The van der Waals surface area contributed by atoms with Crippen LogP contribution in [0.1, 0.15) is 0 Å². The molecule has 0 atom stereocenters. The molecule has 0 aromatic rings. The molecule has 0 aromatic carbocycles. The van der Waals surface area contributed by atoms with Crippen LogP contribution >= 0.6 is 0 Å². The maximum absolute atomic E-state index is 11.7. The Balaban J connectivity index is 3.14. The summed E-state index contributed by atoms with van der Waals surface area (Å²) in [6.07, 6.45) is 1.53. The van der Waals surface area contributed by atoms with Crippen molar-refractivity contribution in [2.45, 2.75) is 0 Å². The molecule has 3 amide bonds. The molecule has 15 heavy (non-hydrogen) atoms. The Labute approximate surface area is 88.3 Å².